The van der Waals surface area contributed by atoms with Gasteiger partial charge in [-0.05, 0) is 19.9 Å². The first-order chi connectivity index (χ1) is 8.19. The van der Waals surface area contributed by atoms with Crippen molar-refractivity contribution in [2.75, 3.05) is 13.2 Å². The number of rotatable bonds is 5. The van der Waals surface area contributed by atoms with Crippen LogP contribution in [-0.2, 0) is 13.6 Å². The minimum absolute atomic E-state index is 0.266. The van der Waals surface area contributed by atoms with E-state index in [0.717, 1.165) is 5.39 Å². The maximum atomic E-state index is 12.4. The van der Waals surface area contributed by atoms with Crippen molar-refractivity contribution in [1.82, 2.24) is 0 Å². The van der Waals surface area contributed by atoms with Crippen LogP contribution in [0.3, 0.4) is 0 Å². The molecule has 1 heterocycles. The summed E-state index contributed by atoms with van der Waals surface area (Å²) in [5.41, 5.74) is 0.949. The van der Waals surface area contributed by atoms with Crippen LogP contribution in [-0.4, -0.2) is 13.2 Å². The molecule has 2 aromatic rings. The van der Waals surface area contributed by atoms with Gasteiger partial charge >= 0.3 is 7.60 Å². The summed E-state index contributed by atoms with van der Waals surface area (Å²) in [5.74, 6) is 0. The van der Waals surface area contributed by atoms with Crippen molar-refractivity contribution in [2.24, 2.45) is 0 Å². The topological polar surface area (TPSA) is 48.7 Å². The Morgan fingerprint density at radius 3 is 2.41 bits per heavy atom. The summed E-state index contributed by atoms with van der Waals surface area (Å²) in [6.45, 7) is 4.17. The lowest BCUT2D eigenvalue weighted by Gasteiger charge is -2.13. The van der Waals surface area contributed by atoms with Crippen LogP contribution in [0.1, 0.15) is 13.8 Å². The zero-order valence-electron chi connectivity index (χ0n) is 9.88. The highest BCUT2D eigenvalue weighted by atomic mass is 31.2. The van der Waals surface area contributed by atoms with E-state index in [0.29, 0.717) is 18.8 Å². The van der Waals surface area contributed by atoms with Crippen molar-refractivity contribution in [3.8, 4) is 0 Å². The van der Waals surface area contributed by atoms with Crippen LogP contribution in [0.2, 0.25) is 0 Å². The molecule has 92 valence electrons. The Kier molecular flexibility index (Phi) is 3.67. The van der Waals surface area contributed by atoms with Gasteiger partial charge in [0.15, 0.2) is 0 Å². The molecule has 0 spiro atoms. The molecule has 0 saturated heterocycles. The largest absolute Gasteiger partial charge is 0.448 e. The molecule has 0 atom stereocenters. The van der Waals surface area contributed by atoms with Crippen LogP contribution >= 0.6 is 7.60 Å². The number of para-hydroxylation sites is 1. The van der Waals surface area contributed by atoms with E-state index in [1.54, 1.807) is 19.9 Å². The number of hydrogen-bond acceptors (Lipinski definition) is 4. The van der Waals surface area contributed by atoms with Crippen molar-refractivity contribution in [3.63, 3.8) is 0 Å². The molecule has 0 aliphatic heterocycles. The van der Waals surface area contributed by atoms with Crippen molar-refractivity contribution in [1.29, 1.82) is 0 Å². The average molecular weight is 254 g/mol. The highest BCUT2D eigenvalue weighted by molar-refractivity contribution is 7.61. The van der Waals surface area contributed by atoms with Gasteiger partial charge in [-0.2, -0.15) is 0 Å². The van der Waals surface area contributed by atoms with Gasteiger partial charge in [-0.1, -0.05) is 18.2 Å². The molecular weight excluding hydrogens is 239 g/mol. The molecule has 5 heteroatoms. The fourth-order valence-corrected chi connectivity index (χ4v) is 3.12. The molecule has 4 nitrogen and oxygen atoms in total. The van der Waals surface area contributed by atoms with E-state index in [4.69, 9.17) is 13.5 Å². The lowest BCUT2D eigenvalue weighted by Crippen LogP contribution is -2.08. The van der Waals surface area contributed by atoms with E-state index in [-0.39, 0.29) is 5.50 Å². The van der Waals surface area contributed by atoms with Crippen LogP contribution in [0.15, 0.2) is 34.7 Å². The van der Waals surface area contributed by atoms with Gasteiger partial charge in [-0.25, -0.2) is 0 Å². The molecule has 0 fully saturated rings. The van der Waals surface area contributed by atoms with Gasteiger partial charge in [0.05, 0.1) is 13.2 Å². The fourth-order valence-electron chi connectivity index (χ4n) is 1.61. The van der Waals surface area contributed by atoms with Gasteiger partial charge in [0.1, 0.15) is 5.58 Å². The first kappa shape index (κ1) is 12.4. The number of hydrogen-bond donors (Lipinski definition) is 0. The van der Waals surface area contributed by atoms with Crippen LogP contribution in [0.25, 0.3) is 11.0 Å². The van der Waals surface area contributed by atoms with Gasteiger partial charge in [0.25, 0.3) is 0 Å². The van der Waals surface area contributed by atoms with Crippen molar-refractivity contribution < 1.29 is 18.0 Å². The van der Waals surface area contributed by atoms with Crippen LogP contribution in [0, 0.1) is 0 Å². The third kappa shape index (κ3) is 2.44. The average Bonchev–Trinajstić information content (AvgIpc) is 2.74. The van der Waals surface area contributed by atoms with Gasteiger partial charge in [0.2, 0.25) is 5.50 Å². The zero-order chi connectivity index (χ0) is 12.3. The lowest BCUT2D eigenvalue weighted by molar-refractivity contribution is 0.226. The van der Waals surface area contributed by atoms with E-state index in [1.807, 2.05) is 24.3 Å². The third-order valence-corrected chi connectivity index (χ3v) is 4.24. The molecule has 0 saturated carbocycles. The Morgan fingerprint density at radius 2 is 1.82 bits per heavy atom. The second-order valence-electron chi connectivity index (χ2n) is 3.46. The number of furan rings is 1. The van der Waals surface area contributed by atoms with Crippen LogP contribution < -0.4 is 5.50 Å². The highest BCUT2D eigenvalue weighted by Crippen LogP contribution is 2.47. The smallest absolute Gasteiger partial charge is 0.396 e. The van der Waals surface area contributed by atoms with E-state index in [1.165, 1.54) is 0 Å². The maximum absolute atomic E-state index is 12.4. The molecule has 0 aliphatic carbocycles. The number of benzene rings is 1. The minimum atomic E-state index is -3.31. The fraction of sp³-hybridized carbons (Fsp3) is 0.333. The Labute approximate surface area is 100 Å². The van der Waals surface area contributed by atoms with E-state index >= 15 is 0 Å². The van der Waals surface area contributed by atoms with Crippen molar-refractivity contribution in [3.05, 3.63) is 30.3 Å². The Morgan fingerprint density at radius 1 is 1.18 bits per heavy atom. The molecule has 0 aliphatic rings. The molecule has 0 radical (unpaired) electrons. The monoisotopic (exact) mass is 254 g/mol. The first-order valence-corrected chi connectivity index (χ1v) is 7.12. The standard InChI is InChI=1S/C12H15O4P/c1-3-14-17(13,15-4-2)12-9-10-7-5-6-8-11(10)16-12/h5-9H,3-4H2,1-2H3. The van der Waals surface area contributed by atoms with Gasteiger partial charge in [-0.15, -0.1) is 0 Å². The second kappa shape index (κ2) is 5.05. The summed E-state index contributed by atoms with van der Waals surface area (Å²) < 4.78 is 28.4. The van der Waals surface area contributed by atoms with Crippen LogP contribution in [0.5, 0.6) is 0 Å². The maximum Gasteiger partial charge on any atom is 0.396 e. The molecular formula is C12H15O4P. The van der Waals surface area contributed by atoms with E-state index < -0.39 is 7.60 Å². The normalized spacial score (nSPS) is 12.1. The van der Waals surface area contributed by atoms with Crippen molar-refractivity contribution in [2.45, 2.75) is 13.8 Å². The number of fused-ring (bicyclic) bond motifs is 1. The molecule has 0 N–H and O–H groups in total. The Hall–Kier alpha value is -1.09. The Bertz CT molecular complexity index is 503. The highest BCUT2D eigenvalue weighted by Gasteiger charge is 2.31. The summed E-state index contributed by atoms with van der Waals surface area (Å²) in [4.78, 5) is 0. The lowest BCUT2D eigenvalue weighted by atomic mass is 10.3. The molecule has 1 aromatic heterocycles. The summed E-state index contributed by atoms with van der Waals surface area (Å²) in [6.07, 6.45) is 0. The van der Waals surface area contributed by atoms with Crippen LogP contribution in [0.4, 0.5) is 0 Å². The predicted octanol–water partition coefficient (Wildman–Crippen LogP) is 3.32. The predicted molar refractivity (Wildman–Crippen MR) is 66.7 cm³/mol. The summed E-state index contributed by atoms with van der Waals surface area (Å²) in [5, 5.41) is 0.891. The van der Waals surface area contributed by atoms with Crippen molar-refractivity contribution >= 4 is 24.1 Å². The van der Waals surface area contributed by atoms with E-state index in [9.17, 15) is 4.57 Å². The molecule has 0 bridgehead atoms. The summed E-state index contributed by atoms with van der Waals surface area (Å²) in [6, 6.07) is 9.18. The van der Waals surface area contributed by atoms with Gasteiger partial charge in [-0.3, -0.25) is 4.57 Å². The van der Waals surface area contributed by atoms with Gasteiger partial charge in [0, 0.05) is 11.5 Å². The Balaban J connectivity index is 2.45. The summed E-state index contributed by atoms with van der Waals surface area (Å²) >= 11 is 0. The SMILES string of the molecule is CCOP(=O)(OCC)c1cc2ccccc2o1. The zero-order valence-corrected chi connectivity index (χ0v) is 10.8. The molecule has 1 aromatic carbocycles. The minimum Gasteiger partial charge on any atom is -0.448 e. The third-order valence-electron chi connectivity index (χ3n) is 2.28. The quantitative estimate of drug-likeness (QED) is 0.768. The molecule has 2 rings (SSSR count). The van der Waals surface area contributed by atoms with E-state index in [2.05, 4.69) is 0 Å². The molecule has 0 unspecified atom stereocenters. The van der Waals surface area contributed by atoms with Gasteiger partial charge < -0.3 is 13.5 Å². The molecule has 0 amide bonds. The first-order valence-electron chi connectivity index (χ1n) is 5.58. The summed E-state index contributed by atoms with van der Waals surface area (Å²) in [7, 11) is -3.31. The molecule has 17 heavy (non-hydrogen) atoms. The second-order valence-corrected chi connectivity index (χ2v) is 5.41.